The van der Waals surface area contributed by atoms with Crippen LogP contribution in [-0.4, -0.2) is 135 Å². The Balaban J connectivity index is 1.43. The molecule has 18 nitrogen and oxygen atoms in total. The lowest BCUT2D eigenvalue weighted by Crippen LogP contribution is -2.61. The molecule has 0 radical (unpaired) electrons. The number of likely N-dealkylation sites (N-methyl/N-ethyl adjacent to an activating group) is 1. The third kappa shape index (κ3) is 9.85. The van der Waals surface area contributed by atoms with Gasteiger partial charge in [0, 0.05) is 58.3 Å². The van der Waals surface area contributed by atoms with Gasteiger partial charge < -0.3 is 45.8 Å². The molecule has 6 unspecified atom stereocenters. The minimum atomic E-state index is -1.68. The number of anilines is 1. The summed E-state index contributed by atoms with van der Waals surface area (Å²) in [6.07, 6.45) is 0.167. The van der Waals surface area contributed by atoms with E-state index in [9.17, 15) is 43.5 Å². The second kappa shape index (κ2) is 19.7. The number of cyclic esters (lactones) is 1. The SMILES string of the molecule is CCC1NC(=O)C(NC(=O)c2ncccc2O)C(C)OC(=O)C(c2ccccc2)NC(=O)C2CC(=O)CCN2C(=O)[C@H](Cc2ccc(NC)cc2)N(C)C(=O)C2CCCN2C1=O. The minimum absolute atomic E-state index is 0.0262. The molecule has 4 heterocycles. The van der Waals surface area contributed by atoms with E-state index in [1.807, 2.05) is 24.3 Å². The zero-order chi connectivity index (χ0) is 44.7. The Bertz CT molecular complexity index is 2190. The van der Waals surface area contributed by atoms with Gasteiger partial charge in [0.1, 0.15) is 47.8 Å². The maximum absolute atomic E-state index is 14.9. The van der Waals surface area contributed by atoms with Crippen LogP contribution >= 0.6 is 0 Å². The molecule has 18 heteroatoms. The van der Waals surface area contributed by atoms with Crippen LogP contribution in [0.5, 0.6) is 5.75 Å². The van der Waals surface area contributed by atoms with Gasteiger partial charge in [0.05, 0.1) is 0 Å². The van der Waals surface area contributed by atoms with Crippen LogP contribution in [0, 0.1) is 0 Å². The average Bonchev–Trinajstić information content (AvgIpc) is 3.77. The molecule has 7 atom stereocenters. The zero-order valence-electron chi connectivity index (χ0n) is 35.0. The number of esters is 1. The van der Waals surface area contributed by atoms with Crippen LogP contribution in [0.3, 0.4) is 0 Å². The number of benzene rings is 2. The summed E-state index contributed by atoms with van der Waals surface area (Å²) in [4.78, 5) is 121. The third-order valence-electron chi connectivity index (χ3n) is 11.6. The van der Waals surface area contributed by atoms with E-state index in [4.69, 9.17) is 4.74 Å². The van der Waals surface area contributed by atoms with E-state index in [0.29, 0.717) is 12.0 Å². The number of nitrogens with one attached hydrogen (secondary N) is 4. The number of ether oxygens (including phenoxy) is 1. The molecule has 3 aromatic rings. The number of pyridine rings is 1. The number of carbonyl (C=O) groups excluding carboxylic acids is 8. The molecule has 2 aromatic carbocycles. The molecule has 0 spiro atoms. The van der Waals surface area contributed by atoms with Crippen LogP contribution in [0.2, 0.25) is 0 Å². The van der Waals surface area contributed by atoms with Crippen molar-refractivity contribution in [2.45, 2.75) is 94.7 Å². The predicted octanol–water partition coefficient (Wildman–Crippen LogP) is 1.25. The Labute approximate surface area is 358 Å². The largest absolute Gasteiger partial charge is 0.505 e. The molecular formula is C44H52N8O10. The van der Waals surface area contributed by atoms with Crippen molar-refractivity contribution in [1.82, 2.24) is 35.6 Å². The molecule has 3 aliphatic heterocycles. The van der Waals surface area contributed by atoms with Gasteiger partial charge in [-0.15, -0.1) is 0 Å². The van der Waals surface area contributed by atoms with Gasteiger partial charge in [0.2, 0.25) is 29.5 Å². The summed E-state index contributed by atoms with van der Waals surface area (Å²) >= 11 is 0. The summed E-state index contributed by atoms with van der Waals surface area (Å²) in [5, 5.41) is 21.3. The van der Waals surface area contributed by atoms with E-state index < -0.39 is 95.2 Å². The zero-order valence-corrected chi connectivity index (χ0v) is 35.0. The van der Waals surface area contributed by atoms with Crippen LogP contribution in [0.4, 0.5) is 5.69 Å². The number of aromatic hydroxyl groups is 1. The van der Waals surface area contributed by atoms with Crippen molar-refractivity contribution < 1.29 is 48.2 Å². The number of hydrogen-bond donors (Lipinski definition) is 5. The molecule has 6 rings (SSSR count). The first-order valence-corrected chi connectivity index (χ1v) is 20.7. The van der Waals surface area contributed by atoms with Gasteiger partial charge in [-0.3, -0.25) is 33.6 Å². The maximum Gasteiger partial charge on any atom is 0.333 e. The molecule has 3 saturated heterocycles. The molecule has 328 valence electrons. The predicted molar refractivity (Wildman–Crippen MR) is 223 cm³/mol. The van der Waals surface area contributed by atoms with Crippen LogP contribution in [0.25, 0.3) is 0 Å². The molecule has 3 aliphatic rings. The van der Waals surface area contributed by atoms with E-state index in [1.54, 1.807) is 44.3 Å². The summed E-state index contributed by atoms with van der Waals surface area (Å²) in [5.74, 6) is -6.34. The summed E-state index contributed by atoms with van der Waals surface area (Å²) in [5.41, 5.74) is 1.35. The maximum atomic E-state index is 14.9. The molecule has 62 heavy (non-hydrogen) atoms. The number of fused-ring (bicyclic) bond motifs is 2. The number of ketones is 1. The van der Waals surface area contributed by atoms with E-state index in [1.165, 1.54) is 47.0 Å². The molecule has 3 fully saturated rings. The fraction of sp³-hybridized carbons (Fsp3) is 0.432. The Morgan fingerprint density at radius 3 is 2.26 bits per heavy atom. The van der Waals surface area contributed by atoms with Crippen molar-refractivity contribution >= 4 is 52.9 Å². The van der Waals surface area contributed by atoms with Gasteiger partial charge in [-0.1, -0.05) is 49.4 Å². The smallest absolute Gasteiger partial charge is 0.333 e. The lowest BCUT2D eigenvalue weighted by Gasteiger charge is -2.40. The van der Waals surface area contributed by atoms with Crippen LogP contribution < -0.4 is 21.3 Å². The number of aromatic nitrogens is 1. The number of Topliss-reactive ketones (excluding diaryl/α,β-unsaturated/α-hetero) is 1. The number of carbonyl (C=O) groups is 8. The molecular weight excluding hydrogens is 801 g/mol. The lowest BCUT2D eigenvalue weighted by atomic mass is 9.95. The van der Waals surface area contributed by atoms with Crippen molar-refractivity contribution in [2.24, 2.45) is 0 Å². The van der Waals surface area contributed by atoms with Crippen molar-refractivity contribution in [2.75, 3.05) is 32.5 Å². The second-order valence-corrected chi connectivity index (χ2v) is 15.6. The number of hydrogen-bond acceptors (Lipinski definition) is 12. The van der Waals surface area contributed by atoms with Crippen molar-refractivity contribution in [3.05, 3.63) is 89.7 Å². The first kappa shape index (κ1) is 44.7. The fourth-order valence-corrected chi connectivity index (χ4v) is 8.07. The molecule has 6 amide bonds. The molecule has 5 N–H and O–H groups in total. The molecule has 0 saturated carbocycles. The Morgan fingerprint density at radius 2 is 1.58 bits per heavy atom. The minimum Gasteiger partial charge on any atom is -0.505 e. The highest BCUT2D eigenvalue weighted by Crippen LogP contribution is 2.27. The Kier molecular flexibility index (Phi) is 14.2. The monoisotopic (exact) mass is 852 g/mol. The molecule has 0 aliphatic carbocycles. The highest BCUT2D eigenvalue weighted by Gasteiger charge is 2.45. The van der Waals surface area contributed by atoms with Gasteiger partial charge >= 0.3 is 5.97 Å². The first-order valence-electron chi connectivity index (χ1n) is 20.7. The Morgan fingerprint density at radius 1 is 0.871 bits per heavy atom. The van der Waals surface area contributed by atoms with E-state index >= 15 is 0 Å². The summed E-state index contributed by atoms with van der Waals surface area (Å²) in [6.45, 7) is 3.01. The van der Waals surface area contributed by atoms with Gasteiger partial charge in [-0.2, -0.15) is 0 Å². The fourth-order valence-electron chi connectivity index (χ4n) is 8.07. The van der Waals surface area contributed by atoms with Crippen molar-refractivity contribution in [1.29, 1.82) is 0 Å². The third-order valence-corrected chi connectivity index (χ3v) is 11.6. The summed E-state index contributed by atoms with van der Waals surface area (Å²) in [6, 6.07) is 9.88. The van der Waals surface area contributed by atoms with E-state index in [-0.39, 0.29) is 56.5 Å². The number of piperidine rings is 1. The summed E-state index contributed by atoms with van der Waals surface area (Å²) < 4.78 is 5.84. The molecule has 0 bridgehead atoms. The first-order chi connectivity index (χ1) is 29.7. The number of rotatable bonds is 7. The van der Waals surface area contributed by atoms with Crippen LogP contribution in [-0.2, 0) is 44.7 Å². The van der Waals surface area contributed by atoms with Gasteiger partial charge in [0.15, 0.2) is 11.7 Å². The van der Waals surface area contributed by atoms with Crippen LogP contribution in [0.15, 0.2) is 72.9 Å². The van der Waals surface area contributed by atoms with Gasteiger partial charge in [-0.05, 0) is 61.6 Å². The van der Waals surface area contributed by atoms with E-state index in [2.05, 4.69) is 26.3 Å². The highest BCUT2D eigenvalue weighted by molar-refractivity contribution is 6.01. The van der Waals surface area contributed by atoms with Gasteiger partial charge in [0.25, 0.3) is 5.91 Å². The molecule has 1 aromatic heterocycles. The number of amides is 6. The van der Waals surface area contributed by atoms with Crippen molar-refractivity contribution in [3.63, 3.8) is 0 Å². The normalized spacial score (nSPS) is 25.6. The van der Waals surface area contributed by atoms with Crippen LogP contribution in [0.1, 0.15) is 73.6 Å². The quantitative estimate of drug-likeness (QED) is 0.211. The van der Waals surface area contributed by atoms with Crippen molar-refractivity contribution in [3.8, 4) is 5.75 Å². The number of nitrogens with zero attached hydrogens (tertiary/aromatic N) is 4. The lowest BCUT2D eigenvalue weighted by molar-refractivity contribution is -0.156. The highest BCUT2D eigenvalue weighted by atomic mass is 16.5. The second-order valence-electron chi connectivity index (χ2n) is 15.6. The average molecular weight is 853 g/mol. The summed E-state index contributed by atoms with van der Waals surface area (Å²) in [7, 11) is 3.23. The Hall–Kier alpha value is -6.85. The van der Waals surface area contributed by atoms with Gasteiger partial charge in [-0.25, -0.2) is 9.78 Å². The topological polar surface area (TPSA) is 237 Å². The van der Waals surface area contributed by atoms with E-state index in [0.717, 1.165) is 5.69 Å². The standard InChI is InChI=1S/C44H52N8O10/c1-5-30-41(58)51-21-10-13-31(51)42(59)50(4)33(23-26-15-17-28(45-3)18-16-26)43(60)52-22-19-29(53)24-32(52)38(55)49-36(27-11-7-6-8-12-27)44(61)62-25(2)35(39(56)47-30)48-40(57)37-34(54)14-9-20-46-37/h6-9,11-12,14-18,20,25,30-33,35-36,45,54H,5,10,13,19,21-24H2,1-4H3,(H,47,56)(H,48,57)(H,49,55)/t25?,30?,31?,32?,33-,35?,36?/m0/s1.